The van der Waals surface area contributed by atoms with Crippen LogP contribution in [0.3, 0.4) is 0 Å². The first-order chi connectivity index (χ1) is 4.36. The van der Waals surface area contributed by atoms with Crippen molar-refractivity contribution in [3.8, 4) is 0 Å². The summed E-state index contributed by atoms with van der Waals surface area (Å²) >= 11 is 0. The normalized spacial score (nSPS) is 87.0. The molecule has 0 aromatic rings. The molecule has 4 fully saturated rings. The van der Waals surface area contributed by atoms with Gasteiger partial charge in [0.05, 0.1) is 0 Å². The van der Waals surface area contributed by atoms with Crippen molar-refractivity contribution in [1.29, 1.82) is 0 Å². The lowest BCUT2D eigenvalue weighted by atomic mass is 9.79. The van der Waals surface area contributed by atoms with E-state index in [0.717, 1.165) is 11.3 Å². The van der Waals surface area contributed by atoms with Crippen LogP contribution in [0.1, 0.15) is 19.8 Å². The lowest BCUT2D eigenvalue weighted by Gasteiger charge is -2.25. The van der Waals surface area contributed by atoms with Gasteiger partial charge < -0.3 is 0 Å². The second-order valence-electron chi connectivity index (χ2n) is 4.85. The zero-order chi connectivity index (χ0) is 5.80. The fraction of sp³-hybridized carbons (Fsp3) is 1.00. The molecular weight excluding hydrogens is 108 g/mol. The maximum absolute atomic E-state index is 2.47. The van der Waals surface area contributed by atoms with E-state index in [4.69, 9.17) is 0 Å². The molecule has 0 nitrogen and oxygen atoms in total. The van der Waals surface area contributed by atoms with Crippen molar-refractivity contribution in [2.24, 2.45) is 35.0 Å². The van der Waals surface area contributed by atoms with Crippen molar-refractivity contribution >= 4 is 0 Å². The zero-order valence-corrected chi connectivity index (χ0v) is 5.80. The second kappa shape index (κ2) is 0.741. The monoisotopic (exact) mass is 120 g/mol. The second-order valence-corrected chi connectivity index (χ2v) is 4.85. The first kappa shape index (κ1) is 4.00. The molecule has 1 spiro atoms. The van der Waals surface area contributed by atoms with E-state index in [1.165, 1.54) is 23.7 Å². The molecule has 4 rings (SSSR count). The first-order valence-corrected chi connectivity index (χ1v) is 4.36. The summed E-state index contributed by atoms with van der Waals surface area (Å²) in [7, 11) is 0. The third-order valence-corrected chi connectivity index (χ3v) is 4.86. The van der Waals surface area contributed by atoms with Gasteiger partial charge in [0.1, 0.15) is 0 Å². The molecule has 0 heteroatoms. The third-order valence-electron chi connectivity index (χ3n) is 4.86. The minimum absolute atomic E-state index is 1.04. The van der Waals surface area contributed by atoms with E-state index >= 15 is 0 Å². The predicted octanol–water partition coefficient (Wildman–Crippen LogP) is 1.91. The van der Waals surface area contributed by atoms with Gasteiger partial charge in [-0.15, -0.1) is 0 Å². The molecule has 48 valence electrons. The molecule has 0 saturated heterocycles. The highest BCUT2D eigenvalue weighted by Gasteiger charge is 2.93. The summed E-state index contributed by atoms with van der Waals surface area (Å²) < 4.78 is 0. The van der Waals surface area contributed by atoms with E-state index < -0.39 is 0 Å². The van der Waals surface area contributed by atoms with Crippen molar-refractivity contribution < 1.29 is 0 Å². The smallest absolute Gasteiger partial charge is 0.0196 e. The van der Waals surface area contributed by atoms with Crippen LogP contribution in [-0.2, 0) is 0 Å². The Balaban J connectivity index is 1.93. The molecule has 0 N–H and O–H groups in total. The fourth-order valence-corrected chi connectivity index (χ4v) is 4.73. The molecule has 0 aliphatic heterocycles. The van der Waals surface area contributed by atoms with Crippen molar-refractivity contribution in [1.82, 2.24) is 0 Å². The van der Waals surface area contributed by atoms with Gasteiger partial charge in [-0.1, -0.05) is 6.92 Å². The average Bonchev–Trinajstić information content (AvgIpc) is 2.63. The van der Waals surface area contributed by atoms with E-state index in [0.29, 0.717) is 0 Å². The zero-order valence-electron chi connectivity index (χ0n) is 5.80. The quantitative estimate of drug-likeness (QED) is 0.458. The molecule has 4 aliphatic rings. The maximum Gasteiger partial charge on any atom is -0.0196 e. The molecule has 0 aromatic carbocycles. The van der Waals surface area contributed by atoms with E-state index in [-0.39, 0.29) is 0 Å². The highest BCUT2D eigenvalue weighted by atomic mass is 15.0. The minimum Gasteiger partial charge on any atom is -0.0622 e. The Hall–Kier alpha value is 0. The van der Waals surface area contributed by atoms with E-state index in [1.807, 2.05) is 0 Å². The highest BCUT2D eigenvalue weighted by Crippen LogP contribution is 2.98. The maximum atomic E-state index is 2.47. The van der Waals surface area contributed by atoms with Crippen molar-refractivity contribution in [2.75, 3.05) is 0 Å². The summed E-state index contributed by atoms with van der Waals surface area (Å²) in [5.41, 5.74) is 1.04. The fourth-order valence-electron chi connectivity index (χ4n) is 4.73. The van der Waals surface area contributed by atoms with Crippen LogP contribution in [0.5, 0.6) is 0 Å². The first-order valence-electron chi connectivity index (χ1n) is 4.36. The topological polar surface area (TPSA) is 0 Å². The Labute approximate surface area is 55.6 Å². The molecule has 9 heavy (non-hydrogen) atoms. The van der Waals surface area contributed by atoms with Crippen molar-refractivity contribution in [3.05, 3.63) is 0 Å². The molecule has 4 aliphatic carbocycles. The van der Waals surface area contributed by atoms with Gasteiger partial charge >= 0.3 is 0 Å². The molecule has 0 aromatic heterocycles. The Morgan fingerprint density at radius 1 is 1.33 bits per heavy atom. The molecule has 0 amide bonds. The van der Waals surface area contributed by atoms with Gasteiger partial charge in [0.15, 0.2) is 0 Å². The van der Waals surface area contributed by atoms with Crippen LogP contribution in [0.4, 0.5) is 0 Å². The molecule has 6 unspecified atom stereocenters. The minimum atomic E-state index is 1.04. The van der Waals surface area contributed by atoms with Crippen LogP contribution in [0.2, 0.25) is 0 Å². The summed E-state index contributed by atoms with van der Waals surface area (Å²) in [6.07, 6.45) is 3.25. The van der Waals surface area contributed by atoms with Gasteiger partial charge in [-0.25, -0.2) is 0 Å². The SMILES string of the molecule is CC1CC2C3CC34C1C24. The van der Waals surface area contributed by atoms with Crippen LogP contribution < -0.4 is 0 Å². The molecule has 4 saturated carbocycles. The Morgan fingerprint density at radius 2 is 2.22 bits per heavy atom. The lowest BCUT2D eigenvalue weighted by Crippen LogP contribution is -2.20. The van der Waals surface area contributed by atoms with E-state index in [1.54, 1.807) is 12.8 Å². The molecular formula is C9H12. The van der Waals surface area contributed by atoms with Crippen LogP contribution in [0, 0.1) is 35.0 Å². The molecule has 6 atom stereocenters. The largest absolute Gasteiger partial charge is 0.0622 e. The number of fused-ring (bicyclic) bond motifs is 1. The third kappa shape index (κ3) is 0.189. The summed E-state index contributed by atoms with van der Waals surface area (Å²) in [5.74, 6) is 6.15. The summed E-state index contributed by atoms with van der Waals surface area (Å²) in [6, 6.07) is 0. The number of hydrogen-bond acceptors (Lipinski definition) is 0. The van der Waals surface area contributed by atoms with Crippen molar-refractivity contribution in [2.45, 2.75) is 19.8 Å². The van der Waals surface area contributed by atoms with Crippen LogP contribution in [0.15, 0.2) is 0 Å². The van der Waals surface area contributed by atoms with E-state index in [9.17, 15) is 0 Å². The van der Waals surface area contributed by atoms with Gasteiger partial charge in [-0.3, -0.25) is 0 Å². The summed E-state index contributed by atoms with van der Waals surface area (Å²) in [6.45, 7) is 2.47. The van der Waals surface area contributed by atoms with Gasteiger partial charge in [0.25, 0.3) is 0 Å². The van der Waals surface area contributed by atoms with Gasteiger partial charge in [0.2, 0.25) is 0 Å². The standard InChI is InChI=1S/C9H12/c1-4-2-5-6-3-9(6)7(4)8(5)9/h4-8H,2-3H2,1H3. The Bertz CT molecular complexity index is 208. The van der Waals surface area contributed by atoms with E-state index in [2.05, 4.69) is 6.92 Å². The van der Waals surface area contributed by atoms with Crippen LogP contribution >= 0.6 is 0 Å². The lowest BCUT2D eigenvalue weighted by molar-refractivity contribution is 0.227. The average molecular weight is 120 g/mol. The van der Waals surface area contributed by atoms with Gasteiger partial charge in [0, 0.05) is 0 Å². The summed E-state index contributed by atoms with van der Waals surface area (Å²) in [5, 5.41) is 0. The number of rotatable bonds is 0. The Morgan fingerprint density at radius 3 is 2.78 bits per heavy atom. The molecule has 0 heterocycles. The van der Waals surface area contributed by atoms with Crippen LogP contribution in [0.25, 0.3) is 0 Å². The predicted molar refractivity (Wildman–Crippen MR) is 34.8 cm³/mol. The van der Waals surface area contributed by atoms with Gasteiger partial charge in [-0.05, 0) is 47.8 Å². The molecule has 0 radical (unpaired) electrons. The summed E-state index contributed by atoms with van der Waals surface area (Å²) in [4.78, 5) is 0. The van der Waals surface area contributed by atoms with Crippen LogP contribution in [-0.4, -0.2) is 0 Å². The Kier molecular flexibility index (Phi) is 0.329. The highest BCUT2D eigenvalue weighted by molar-refractivity contribution is 5.40. The molecule has 0 bridgehead atoms. The van der Waals surface area contributed by atoms with Crippen molar-refractivity contribution in [3.63, 3.8) is 0 Å². The number of hydrogen-bond donors (Lipinski definition) is 0. The van der Waals surface area contributed by atoms with Gasteiger partial charge in [-0.2, -0.15) is 0 Å².